The minimum absolute atomic E-state index is 0.0178. The van der Waals surface area contributed by atoms with Crippen LogP contribution in [0.25, 0.3) is 11.4 Å². The van der Waals surface area contributed by atoms with Gasteiger partial charge in [0.2, 0.25) is 0 Å². The van der Waals surface area contributed by atoms with E-state index in [0.717, 1.165) is 64.4 Å². The Kier molecular flexibility index (Phi) is 18.8. The van der Waals surface area contributed by atoms with Crippen LogP contribution in [-0.2, 0) is 25.4 Å². The fourth-order valence-corrected chi connectivity index (χ4v) is 4.96. The van der Waals surface area contributed by atoms with Gasteiger partial charge in [0.15, 0.2) is 12.0 Å². The molecule has 0 bridgehead atoms. The second kappa shape index (κ2) is 21.2. The van der Waals surface area contributed by atoms with Crippen molar-refractivity contribution in [3.8, 4) is 17.1 Å². The molecule has 0 saturated heterocycles. The van der Waals surface area contributed by atoms with Crippen LogP contribution in [0.3, 0.4) is 0 Å². The van der Waals surface area contributed by atoms with Gasteiger partial charge >= 0.3 is 78.4 Å². The summed E-state index contributed by atoms with van der Waals surface area (Å²) >= 11 is 0. The van der Waals surface area contributed by atoms with Gasteiger partial charge in [0, 0.05) is 12.4 Å². The molecular formula is C35H30F28N2O5. The summed E-state index contributed by atoms with van der Waals surface area (Å²) < 4.78 is 393. The first kappa shape index (κ1) is 62.1. The van der Waals surface area contributed by atoms with Gasteiger partial charge in [0.25, 0.3) is 0 Å². The summed E-state index contributed by atoms with van der Waals surface area (Å²) in [5.74, 6) is -49.5. The zero-order chi connectivity index (χ0) is 54.7. The van der Waals surface area contributed by atoms with Crippen LogP contribution in [-0.4, -0.2) is 114 Å². The Morgan fingerprint density at radius 3 is 1.34 bits per heavy atom. The zero-order valence-electron chi connectivity index (χ0n) is 34.1. The van der Waals surface area contributed by atoms with Crippen LogP contribution < -0.4 is 4.74 Å². The smallest absolute Gasteiger partial charge is 0.460 e. The number of rotatable bonds is 29. The molecule has 0 radical (unpaired) electrons. The van der Waals surface area contributed by atoms with Crippen molar-refractivity contribution in [3.05, 3.63) is 42.2 Å². The van der Waals surface area contributed by atoms with E-state index in [0.29, 0.717) is 6.42 Å². The van der Waals surface area contributed by atoms with Crippen molar-refractivity contribution in [2.24, 2.45) is 0 Å². The highest BCUT2D eigenvalue weighted by Crippen LogP contribution is 2.60. The van der Waals surface area contributed by atoms with E-state index in [1.807, 2.05) is 6.92 Å². The van der Waals surface area contributed by atoms with Gasteiger partial charge in [-0.1, -0.05) is 51.2 Å². The number of unbranched alkanes of at least 4 members (excludes halogenated alkanes) is 5. The van der Waals surface area contributed by atoms with Crippen molar-refractivity contribution < 1.29 is 147 Å². The molecule has 1 atom stereocenters. The Morgan fingerprint density at radius 1 is 0.471 bits per heavy atom. The molecule has 1 aromatic carbocycles. The number of hydrogen-bond donors (Lipinski definition) is 0. The summed E-state index contributed by atoms with van der Waals surface area (Å²) in [6, 6.07) is 5.20. The van der Waals surface area contributed by atoms with Crippen LogP contribution in [0.1, 0.15) is 51.0 Å². The normalized spacial score (nSPS) is 15.4. The number of halogens is 28. The number of benzene rings is 1. The van der Waals surface area contributed by atoms with Crippen molar-refractivity contribution in [1.82, 2.24) is 9.97 Å². The van der Waals surface area contributed by atoms with Gasteiger partial charge < -0.3 is 9.47 Å². The third-order valence-electron chi connectivity index (χ3n) is 8.83. The SMILES string of the molecule is CCCCCCCCc1cnc(-c2ccccc2OCC(F)COCC(F)(F)C(F)(F)C(F)(F)C(F)(F)C(F)(F)OC(F)(F)C(F)(F)OC(F)(F)C(F)(F)OC(F)(F)C(F)(F)C(F)(F)C(F)(F)F)nc1. The molecule has 0 aliphatic carbocycles. The van der Waals surface area contributed by atoms with Gasteiger partial charge in [-0.2, -0.15) is 119 Å². The molecular weight excluding hydrogens is 1060 g/mol. The molecule has 406 valence electrons. The van der Waals surface area contributed by atoms with Gasteiger partial charge in [0.1, 0.15) is 19.0 Å². The lowest BCUT2D eigenvalue weighted by Crippen LogP contribution is -2.70. The van der Waals surface area contributed by atoms with E-state index in [9.17, 15) is 123 Å². The van der Waals surface area contributed by atoms with E-state index in [-0.39, 0.29) is 17.1 Å². The van der Waals surface area contributed by atoms with E-state index >= 15 is 0 Å². The Labute approximate surface area is 372 Å². The van der Waals surface area contributed by atoms with Gasteiger partial charge in [-0.15, -0.1) is 0 Å². The first-order chi connectivity index (χ1) is 31.3. The lowest BCUT2D eigenvalue weighted by Gasteiger charge is -2.40. The van der Waals surface area contributed by atoms with Crippen LogP contribution in [0.5, 0.6) is 5.75 Å². The minimum Gasteiger partial charge on any atom is -0.490 e. The summed E-state index contributed by atoms with van der Waals surface area (Å²) in [6.45, 7) is -4.55. The van der Waals surface area contributed by atoms with E-state index < -0.39 is 104 Å². The van der Waals surface area contributed by atoms with Crippen molar-refractivity contribution >= 4 is 0 Å². The molecule has 1 aromatic heterocycles. The van der Waals surface area contributed by atoms with Crippen LogP contribution in [0.15, 0.2) is 36.7 Å². The lowest BCUT2D eigenvalue weighted by atomic mass is 9.98. The van der Waals surface area contributed by atoms with Crippen LogP contribution in [0, 0.1) is 0 Å². The van der Waals surface area contributed by atoms with E-state index in [2.05, 4.69) is 14.7 Å². The monoisotopic (exact) mass is 1090 g/mol. The number of aryl methyl sites for hydroxylation is 1. The summed E-state index contributed by atoms with van der Waals surface area (Å²) in [5, 5.41) is 0. The molecule has 0 N–H and O–H groups in total. The average molecular weight is 1090 g/mol. The largest absolute Gasteiger partial charge is 0.490 e. The van der Waals surface area contributed by atoms with Crippen LogP contribution in [0.2, 0.25) is 0 Å². The Bertz CT molecular complexity index is 1980. The molecule has 0 fully saturated rings. The van der Waals surface area contributed by atoms with E-state index in [1.54, 1.807) is 0 Å². The standard InChI is InChI=1S/C35H30F28N2O5/c1-2-3-4-5-6-7-10-18-13-64-22(65-14-18)20-11-8-9-12-21(20)67-16-19(36)15-66-17-23(37,38)24(39,40)25(41,42)27(45,46)30(52,53)68-32(56,57)34(60,61)70-35(62,63)33(58,59)69-31(54,55)28(47,48)26(43,44)29(49,50)51/h8-9,11-14,19H,2-7,10,15-17H2,1H3. The number of para-hydroxylation sites is 1. The van der Waals surface area contributed by atoms with Crippen molar-refractivity contribution in [2.45, 2.75) is 136 Å². The Morgan fingerprint density at radius 2 is 0.886 bits per heavy atom. The topological polar surface area (TPSA) is 71.9 Å². The second-order valence-electron chi connectivity index (χ2n) is 14.3. The third-order valence-corrected chi connectivity index (χ3v) is 8.83. The summed E-state index contributed by atoms with van der Waals surface area (Å²) in [6.07, 6.45) is -52.0. The molecule has 0 aliphatic rings. The molecule has 1 heterocycles. The fraction of sp³-hybridized carbons (Fsp3) is 0.714. The molecule has 0 saturated carbocycles. The molecule has 1 unspecified atom stereocenters. The van der Waals surface area contributed by atoms with Crippen LogP contribution in [0.4, 0.5) is 123 Å². The van der Waals surface area contributed by atoms with Crippen LogP contribution >= 0.6 is 0 Å². The van der Waals surface area contributed by atoms with Crippen molar-refractivity contribution in [3.63, 3.8) is 0 Å². The van der Waals surface area contributed by atoms with E-state index in [4.69, 9.17) is 4.74 Å². The first-order valence-electron chi connectivity index (χ1n) is 18.7. The number of hydrogen-bond acceptors (Lipinski definition) is 7. The first-order valence-corrected chi connectivity index (χ1v) is 18.7. The van der Waals surface area contributed by atoms with E-state index in [1.165, 1.54) is 30.6 Å². The summed E-state index contributed by atoms with van der Waals surface area (Å²) in [5.41, 5.74) is 0.786. The fourth-order valence-electron chi connectivity index (χ4n) is 4.96. The Hall–Kier alpha value is -4.02. The van der Waals surface area contributed by atoms with Crippen molar-refractivity contribution in [1.29, 1.82) is 0 Å². The maximum absolute atomic E-state index is 14.5. The van der Waals surface area contributed by atoms with Gasteiger partial charge in [-0.25, -0.2) is 28.6 Å². The highest BCUT2D eigenvalue weighted by Gasteiger charge is 2.89. The maximum Gasteiger partial charge on any atom is 0.460 e. The van der Waals surface area contributed by atoms with Gasteiger partial charge in [-0.3, -0.25) is 0 Å². The molecule has 70 heavy (non-hydrogen) atoms. The summed E-state index contributed by atoms with van der Waals surface area (Å²) in [7, 11) is 0. The highest BCUT2D eigenvalue weighted by atomic mass is 19.4. The summed E-state index contributed by atoms with van der Waals surface area (Å²) in [4.78, 5) is 8.29. The second-order valence-corrected chi connectivity index (χ2v) is 14.3. The number of nitrogens with zero attached hydrogens (tertiary/aromatic N) is 2. The molecule has 0 spiro atoms. The quantitative estimate of drug-likeness (QED) is 0.0594. The molecule has 2 rings (SSSR count). The molecule has 0 amide bonds. The number of ether oxygens (including phenoxy) is 5. The predicted octanol–water partition coefficient (Wildman–Crippen LogP) is 13.8. The van der Waals surface area contributed by atoms with Crippen molar-refractivity contribution in [2.75, 3.05) is 19.8 Å². The predicted molar refractivity (Wildman–Crippen MR) is 174 cm³/mol. The minimum atomic E-state index is -8.78. The lowest BCUT2D eigenvalue weighted by molar-refractivity contribution is -0.577. The molecule has 0 aliphatic heterocycles. The molecule has 35 heteroatoms. The highest BCUT2D eigenvalue weighted by molar-refractivity contribution is 5.63. The van der Waals surface area contributed by atoms with Gasteiger partial charge in [0.05, 0.1) is 12.2 Å². The Balaban J connectivity index is 2.18. The van der Waals surface area contributed by atoms with Gasteiger partial charge in [-0.05, 0) is 30.5 Å². The number of alkyl halides is 28. The molecule has 2 aromatic rings. The maximum atomic E-state index is 14.5. The average Bonchev–Trinajstić information content (AvgIpc) is 3.19. The zero-order valence-corrected chi connectivity index (χ0v) is 34.1. The number of aromatic nitrogens is 2. The molecule has 7 nitrogen and oxygen atoms in total. The third kappa shape index (κ3) is 13.0.